The SMILES string of the molecule is O=C(c1ccccc1[N+](=O)[O-])N(Cc1ccc(Cl)cc1Cl)N1C(=O)[C@@H]2[C@H]3C[C@@H]([C@H](Br)[C@H]3Br)[C@@H]2C1=O. The van der Waals surface area contributed by atoms with E-state index >= 15 is 0 Å². The van der Waals surface area contributed by atoms with Crippen LogP contribution in [0.5, 0.6) is 0 Å². The van der Waals surface area contributed by atoms with Gasteiger partial charge in [0.25, 0.3) is 23.4 Å². The first-order chi connectivity index (χ1) is 16.6. The number of hydrogen-bond donors (Lipinski definition) is 0. The molecule has 0 radical (unpaired) electrons. The number of nitro benzene ring substituents is 1. The van der Waals surface area contributed by atoms with Gasteiger partial charge in [0.15, 0.2) is 0 Å². The van der Waals surface area contributed by atoms with E-state index in [-0.39, 0.29) is 38.6 Å². The Kier molecular flexibility index (Phi) is 6.44. The molecule has 182 valence electrons. The topological polar surface area (TPSA) is 101 Å². The van der Waals surface area contributed by atoms with Crippen LogP contribution in [0.3, 0.4) is 0 Å². The zero-order valence-electron chi connectivity index (χ0n) is 17.8. The predicted octanol–water partition coefficient (Wildman–Crippen LogP) is 5.24. The van der Waals surface area contributed by atoms with Crippen molar-refractivity contribution in [3.63, 3.8) is 0 Å². The molecule has 12 heteroatoms. The molecule has 6 atom stereocenters. The van der Waals surface area contributed by atoms with Crippen LogP contribution in [0.15, 0.2) is 42.5 Å². The van der Waals surface area contributed by atoms with Gasteiger partial charge < -0.3 is 0 Å². The van der Waals surface area contributed by atoms with E-state index in [0.717, 1.165) is 16.4 Å². The van der Waals surface area contributed by atoms with Gasteiger partial charge in [0, 0.05) is 25.8 Å². The van der Waals surface area contributed by atoms with E-state index in [1.807, 2.05) is 0 Å². The van der Waals surface area contributed by atoms with E-state index < -0.39 is 40.2 Å². The number of benzene rings is 2. The maximum absolute atomic E-state index is 13.7. The Morgan fingerprint density at radius 2 is 1.66 bits per heavy atom. The molecule has 2 saturated carbocycles. The molecule has 2 bridgehead atoms. The van der Waals surface area contributed by atoms with Gasteiger partial charge in [-0.15, -0.1) is 0 Å². The van der Waals surface area contributed by atoms with Crippen molar-refractivity contribution in [2.75, 3.05) is 0 Å². The van der Waals surface area contributed by atoms with Gasteiger partial charge >= 0.3 is 0 Å². The van der Waals surface area contributed by atoms with E-state index in [0.29, 0.717) is 10.6 Å². The first-order valence-electron chi connectivity index (χ1n) is 10.8. The van der Waals surface area contributed by atoms with Crippen molar-refractivity contribution in [2.45, 2.75) is 22.6 Å². The fourth-order valence-corrected chi connectivity index (χ4v) is 7.91. The molecule has 35 heavy (non-hydrogen) atoms. The summed E-state index contributed by atoms with van der Waals surface area (Å²) in [7, 11) is 0. The van der Waals surface area contributed by atoms with Gasteiger partial charge in [-0.1, -0.05) is 73.3 Å². The third-order valence-corrected chi connectivity index (χ3v) is 10.9. The summed E-state index contributed by atoms with van der Waals surface area (Å²) in [5, 5.41) is 14.1. The normalized spacial score (nSPS) is 29.0. The number of halogens is 4. The van der Waals surface area contributed by atoms with Crippen LogP contribution in [0.2, 0.25) is 10.0 Å². The van der Waals surface area contributed by atoms with Gasteiger partial charge in [-0.25, -0.2) is 5.01 Å². The molecule has 3 aliphatic rings. The van der Waals surface area contributed by atoms with Crippen LogP contribution in [-0.4, -0.2) is 42.3 Å². The number of nitrogens with zero attached hydrogens (tertiary/aromatic N) is 3. The second kappa shape index (κ2) is 9.14. The number of amides is 3. The Balaban J connectivity index is 1.58. The molecule has 1 heterocycles. The number of nitro groups is 1. The fraction of sp³-hybridized carbons (Fsp3) is 0.348. The summed E-state index contributed by atoms with van der Waals surface area (Å²) in [5.74, 6) is -3.04. The fourth-order valence-electron chi connectivity index (χ4n) is 5.57. The van der Waals surface area contributed by atoms with Crippen LogP contribution in [-0.2, 0) is 16.1 Å². The Morgan fingerprint density at radius 1 is 1.06 bits per heavy atom. The minimum Gasteiger partial charge on any atom is -0.272 e. The zero-order chi connectivity index (χ0) is 25.2. The smallest absolute Gasteiger partial charge is 0.272 e. The molecule has 3 amide bonds. The van der Waals surface area contributed by atoms with Crippen LogP contribution in [0, 0.1) is 33.8 Å². The number of fused-ring (bicyclic) bond motifs is 5. The minimum absolute atomic E-state index is 0.0236. The third-order valence-electron chi connectivity index (χ3n) is 7.11. The summed E-state index contributed by atoms with van der Waals surface area (Å²) in [4.78, 5) is 52.0. The van der Waals surface area contributed by atoms with Crippen molar-refractivity contribution < 1.29 is 19.3 Å². The highest BCUT2D eigenvalue weighted by Gasteiger charge is 2.67. The van der Waals surface area contributed by atoms with Crippen LogP contribution in [0.4, 0.5) is 5.69 Å². The maximum Gasteiger partial charge on any atom is 0.282 e. The standard InChI is InChI=1S/C23H17Br2Cl2N3O5/c24-19-13-8-14(20(19)25)18-17(13)22(32)29(23(18)33)28(9-10-5-6-11(26)7-15(10)27)21(31)12-3-1-2-4-16(12)30(34)35/h1-7,13-14,17-20H,8-9H2/t13-,14-,17-,18+,19+,20+/m1/s1. The molecule has 5 rings (SSSR count). The quantitative estimate of drug-likeness (QED) is 0.192. The van der Waals surface area contributed by atoms with Gasteiger partial charge in [-0.05, 0) is 42.0 Å². The van der Waals surface area contributed by atoms with Gasteiger partial charge in [-0.2, -0.15) is 5.01 Å². The molecule has 2 aliphatic carbocycles. The van der Waals surface area contributed by atoms with Crippen LogP contribution in [0.25, 0.3) is 0 Å². The van der Waals surface area contributed by atoms with Crippen molar-refractivity contribution in [3.05, 3.63) is 73.8 Å². The van der Waals surface area contributed by atoms with Gasteiger partial charge in [0.05, 0.1) is 23.3 Å². The molecule has 1 aliphatic heterocycles. The van der Waals surface area contributed by atoms with E-state index in [4.69, 9.17) is 23.2 Å². The first-order valence-corrected chi connectivity index (χ1v) is 13.4. The van der Waals surface area contributed by atoms with Crippen molar-refractivity contribution in [1.29, 1.82) is 0 Å². The number of carbonyl (C=O) groups excluding carboxylic acids is 3. The Hall–Kier alpha value is -2.01. The van der Waals surface area contributed by atoms with E-state index in [9.17, 15) is 24.5 Å². The monoisotopic (exact) mass is 643 g/mol. The lowest BCUT2D eigenvalue weighted by atomic mass is 9.81. The Morgan fingerprint density at radius 3 is 2.23 bits per heavy atom. The van der Waals surface area contributed by atoms with E-state index in [1.165, 1.54) is 30.3 Å². The molecule has 0 aromatic heterocycles. The van der Waals surface area contributed by atoms with Crippen molar-refractivity contribution in [2.24, 2.45) is 23.7 Å². The van der Waals surface area contributed by atoms with Crippen molar-refractivity contribution >= 4 is 78.5 Å². The number of imide groups is 1. The summed E-state index contributed by atoms with van der Waals surface area (Å²) < 4.78 is 0. The Labute approximate surface area is 226 Å². The molecule has 0 spiro atoms. The zero-order valence-corrected chi connectivity index (χ0v) is 22.5. The molecule has 8 nitrogen and oxygen atoms in total. The lowest BCUT2D eigenvalue weighted by Crippen LogP contribution is -2.50. The van der Waals surface area contributed by atoms with Crippen molar-refractivity contribution in [1.82, 2.24) is 10.0 Å². The summed E-state index contributed by atoms with van der Waals surface area (Å²) in [6, 6.07) is 10.1. The average Bonchev–Trinajstić information content (AvgIpc) is 3.43. The number of hydrazine groups is 1. The average molecular weight is 646 g/mol. The molecule has 2 aromatic carbocycles. The summed E-state index contributed by atoms with van der Waals surface area (Å²) in [6.45, 7) is -0.247. The molecule has 3 fully saturated rings. The molecule has 0 unspecified atom stereocenters. The molecular weight excluding hydrogens is 629 g/mol. The maximum atomic E-state index is 13.7. The molecule has 1 saturated heterocycles. The summed E-state index contributed by atoms with van der Waals surface area (Å²) in [6.07, 6.45) is 0.730. The number of para-hydroxylation sites is 1. The van der Waals surface area contributed by atoms with Crippen LogP contribution < -0.4 is 0 Å². The highest BCUT2D eigenvalue weighted by Crippen LogP contribution is 2.60. The number of hydrogen-bond acceptors (Lipinski definition) is 5. The largest absolute Gasteiger partial charge is 0.282 e. The highest BCUT2D eigenvalue weighted by atomic mass is 79.9. The van der Waals surface area contributed by atoms with E-state index in [2.05, 4.69) is 31.9 Å². The molecule has 0 N–H and O–H groups in total. The predicted molar refractivity (Wildman–Crippen MR) is 135 cm³/mol. The molecular formula is C23H17Br2Cl2N3O5. The second-order valence-electron chi connectivity index (χ2n) is 8.86. The minimum atomic E-state index is -0.844. The van der Waals surface area contributed by atoms with Gasteiger partial charge in [-0.3, -0.25) is 24.5 Å². The molecule has 2 aromatic rings. The summed E-state index contributed by atoms with van der Waals surface area (Å²) in [5.41, 5.74) is -0.231. The number of rotatable bonds is 5. The van der Waals surface area contributed by atoms with Crippen molar-refractivity contribution in [3.8, 4) is 0 Å². The van der Waals surface area contributed by atoms with Crippen LogP contribution in [0.1, 0.15) is 22.3 Å². The van der Waals surface area contributed by atoms with Gasteiger partial charge in [0.1, 0.15) is 5.56 Å². The Bertz CT molecular complexity index is 1250. The first kappa shape index (κ1) is 24.7. The lowest BCUT2D eigenvalue weighted by molar-refractivity contribution is -0.385. The van der Waals surface area contributed by atoms with Gasteiger partial charge in [0.2, 0.25) is 0 Å². The summed E-state index contributed by atoms with van der Waals surface area (Å²) >= 11 is 19.6. The third kappa shape index (κ3) is 3.89. The number of carbonyl (C=O) groups is 3. The van der Waals surface area contributed by atoms with E-state index in [1.54, 1.807) is 12.1 Å². The second-order valence-corrected chi connectivity index (χ2v) is 11.8. The highest BCUT2D eigenvalue weighted by molar-refractivity contribution is 9.12. The lowest BCUT2D eigenvalue weighted by Gasteiger charge is -2.31. The number of alkyl halides is 2. The van der Waals surface area contributed by atoms with Crippen LogP contribution >= 0.6 is 55.1 Å².